The van der Waals surface area contributed by atoms with Gasteiger partial charge in [0.15, 0.2) is 11.5 Å². The summed E-state index contributed by atoms with van der Waals surface area (Å²) >= 11 is 0. The number of phenols is 1. The Morgan fingerprint density at radius 1 is 1.37 bits per heavy atom. The van der Waals surface area contributed by atoms with Crippen LogP contribution in [-0.4, -0.2) is 47.1 Å². The minimum atomic E-state index is -0.381. The Morgan fingerprint density at radius 2 is 2.15 bits per heavy atom. The molecule has 6 heteroatoms. The van der Waals surface area contributed by atoms with Gasteiger partial charge in [-0.15, -0.1) is 0 Å². The summed E-state index contributed by atoms with van der Waals surface area (Å²) in [7, 11) is 0. The smallest absolute Gasteiger partial charge is 0.257 e. The number of nitrogens with one attached hydrogen (secondary N) is 1. The monoisotopic (exact) mass is 374 g/mol. The molecule has 0 aromatic heterocycles. The van der Waals surface area contributed by atoms with Crippen LogP contribution in [0.15, 0.2) is 12.1 Å². The number of fused-ring (bicyclic) bond motifs is 1. The van der Waals surface area contributed by atoms with Crippen molar-refractivity contribution in [2.24, 2.45) is 5.92 Å². The minimum absolute atomic E-state index is 0.0178. The van der Waals surface area contributed by atoms with Gasteiger partial charge in [-0.1, -0.05) is 19.4 Å². The van der Waals surface area contributed by atoms with E-state index in [1.165, 1.54) is 0 Å². The van der Waals surface area contributed by atoms with Gasteiger partial charge >= 0.3 is 0 Å². The number of aromatic hydroxyl groups is 1. The number of carbonyl (C=O) groups excluding carboxylic acids is 2. The molecule has 2 heterocycles. The topological polar surface area (TPSA) is 78.9 Å². The van der Waals surface area contributed by atoms with Crippen LogP contribution in [0, 0.1) is 5.92 Å². The Labute approximate surface area is 160 Å². The third-order valence-corrected chi connectivity index (χ3v) is 5.35. The molecule has 0 saturated carbocycles. The number of ether oxygens (including phenoxy) is 1. The van der Waals surface area contributed by atoms with Gasteiger partial charge in [0.1, 0.15) is 5.60 Å². The summed E-state index contributed by atoms with van der Waals surface area (Å²) < 4.78 is 5.83. The second-order valence-electron chi connectivity index (χ2n) is 8.22. The van der Waals surface area contributed by atoms with Crippen molar-refractivity contribution in [1.29, 1.82) is 0 Å². The molecule has 1 aromatic rings. The molecule has 0 aliphatic carbocycles. The number of rotatable bonds is 5. The van der Waals surface area contributed by atoms with Crippen LogP contribution >= 0.6 is 0 Å². The minimum Gasteiger partial charge on any atom is -0.504 e. The van der Waals surface area contributed by atoms with Crippen molar-refractivity contribution in [1.82, 2.24) is 10.2 Å². The van der Waals surface area contributed by atoms with Gasteiger partial charge < -0.3 is 20.1 Å². The van der Waals surface area contributed by atoms with Crippen LogP contribution in [0.1, 0.15) is 62.4 Å². The fourth-order valence-electron chi connectivity index (χ4n) is 3.89. The predicted molar refractivity (Wildman–Crippen MR) is 103 cm³/mol. The van der Waals surface area contributed by atoms with Crippen LogP contribution in [0.3, 0.4) is 0 Å². The van der Waals surface area contributed by atoms with Gasteiger partial charge in [-0.3, -0.25) is 9.59 Å². The molecule has 1 atom stereocenters. The zero-order valence-electron chi connectivity index (χ0n) is 16.5. The molecule has 148 valence electrons. The van der Waals surface area contributed by atoms with Gasteiger partial charge in [-0.05, 0) is 39.2 Å². The maximum Gasteiger partial charge on any atom is 0.257 e. The van der Waals surface area contributed by atoms with Crippen molar-refractivity contribution < 1.29 is 19.4 Å². The number of amides is 2. The molecule has 2 aliphatic rings. The van der Waals surface area contributed by atoms with E-state index in [1.807, 2.05) is 19.9 Å². The average Bonchev–Trinajstić information content (AvgIpc) is 2.97. The third kappa shape index (κ3) is 4.20. The molecule has 0 bridgehead atoms. The van der Waals surface area contributed by atoms with Crippen molar-refractivity contribution >= 4 is 11.8 Å². The number of nitrogens with zero attached hydrogens (tertiary/aromatic N) is 1. The zero-order chi connectivity index (χ0) is 19.6. The van der Waals surface area contributed by atoms with Crippen molar-refractivity contribution in [3.63, 3.8) is 0 Å². The third-order valence-electron chi connectivity index (χ3n) is 5.35. The van der Waals surface area contributed by atoms with E-state index in [-0.39, 0.29) is 34.6 Å². The largest absolute Gasteiger partial charge is 0.504 e. The molecular formula is C21H30N2O4. The van der Waals surface area contributed by atoms with E-state index in [2.05, 4.69) is 12.2 Å². The Hall–Kier alpha value is -2.24. The molecule has 2 amide bonds. The Bertz CT molecular complexity index is 729. The van der Waals surface area contributed by atoms with Gasteiger partial charge in [0, 0.05) is 31.6 Å². The van der Waals surface area contributed by atoms with Gasteiger partial charge in [-0.2, -0.15) is 0 Å². The summed E-state index contributed by atoms with van der Waals surface area (Å²) in [5, 5.41) is 13.6. The van der Waals surface area contributed by atoms with Crippen LogP contribution in [-0.2, 0) is 11.2 Å². The standard InChI is InChI=1S/C21H30N2O4/c1-4-5-10-22-19(25)15-7-6-11-23(13-15)20(26)16-9-8-14-12-21(2,3)27-18(14)17(16)24/h8-9,15,24H,4-7,10-13H2,1-3H3,(H,22,25). The lowest BCUT2D eigenvalue weighted by molar-refractivity contribution is -0.126. The zero-order valence-corrected chi connectivity index (χ0v) is 16.5. The average molecular weight is 374 g/mol. The van der Waals surface area contributed by atoms with Gasteiger partial charge in [0.25, 0.3) is 5.91 Å². The number of hydrogen-bond donors (Lipinski definition) is 2. The Morgan fingerprint density at radius 3 is 2.89 bits per heavy atom. The summed E-state index contributed by atoms with van der Waals surface area (Å²) in [6.45, 7) is 7.67. The highest BCUT2D eigenvalue weighted by Gasteiger charge is 2.35. The van der Waals surface area contributed by atoms with Crippen molar-refractivity contribution in [2.45, 2.75) is 58.5 Å². The van der Waals surface area contributed by atoms with Gasteiger partial charge in [0.2, 0.25) is 5.91 Å². The second-order valence-corrected chi connectivity index (χ2v) is 8.22. The first-order valence-corrected chi connectivity index (χ1v) is 9.93. The number of phenolic OH excluding ortho intramolecular Hbond substituents is 1. The molecule has 27 heavy (non-hydrogen) atoms. The molecular weight excluding hydrogens is 344 g/mol. The van der Waals surface area contributed by atoms with Crippen LogP contribution in [0.5, 0.6) is 11.5 Å². The predicted octanol–water partition coefficient (Wildman–Crippen LogP) is 2.87. The lowest BCUT2D eigenvalue weighted by Crippen LogP contribution is -2.45. The van der Waals surface area contributed by atoms with Crippen molar-refractivity contribution in [3.05, 3.63) is 23.3 Å². The normalized spacial score (nSPS) is 20.7. The lowest BCUT2D eigenvalue weighted by atomic mass is 9.95. The molecule has 0 radical (unpaired) electrons. The van der Waals surface area contributed by atoms with E-state index in [0.29, 0.717) is 31.8 Å². The van der Waals surface area contributed by atoms with Crippen LogP contribution in [0.25, 0.3) is 0 Å². The number of unbranched alkanes of at least 4 members (excludes halogenated alkanes) is 1. The van der Waals surface area contributed by atoms with E-state index in [4.69, 9.17) is 4.74 Å². The van der Waals surface area contributed by atoms with E-state index >= 15 is 0 Å². The maximum absolute atomic E-state index is 13.0. The number of carbonyl (C=O) groups is 2. The summed E-state index contributed by atoms with van der Waals surface area (Å²) in [5.41, 5.74) is 0.785. The molecule has 6 nitrogen and oxygen atoms in total. The molecule has 1 aromatic carbocycles. The first kappa shape index (κ1) is 19.5. The Balaban J connectivity index is 1.70. The number of hydrogen-bond acceptors (Lipinski definition) is 4. The number of benzene rings is 1. The van der Waals surface area contributed by atoms with E-state index in [0.717, 1.165) is 31.2 Å². The fourth-order valence-corrected chi connectivity index (χ4v) is 3.89. The highest BCUT2D eigenvalue weighted by molar-refractivity contribution is 5.98. The van der Waals surface area contributed by atoms with Crippen molar-refractivity contribution in [2.75, 3.05) is 19.6 Å². The van der Waals surface area contributed by atoms with E-state index in [1.54, 1.807) is 11.0 Å². The van der Waals surface area contributed by atoms with Crippen LogP contribution in [0.2, 0.25) is 0 Å². The quantitative estimate of drug-likeness (QED) is 0.777. The molecule has 1 fully saturated rings. The molecule has 2 N–H and O–H groups in total. The summed E-state index contributed by atoms with van der Waals surface area (Å²) in [4.78, 5) is 27.0. The second kappa shape index (κ2) is 7.79. The van der Waals surface area contributed by atoms with Gasteiger partial charge in [-0.25, -0.2) is 0 Å². The number of piperidine rings is 1. The Kier molecular flexibility index (Phi) is 5.63. The molecule has 2 aliphatic heterocycles. The van der Waals surface area contributed by atoms with E-state index in [9.17, 15) is 14.7 Å². The van der Waals surface area contributed by atoms with E-state index < -0.39 is 0 Å². The molecule has 1 unspecified atom stereocenters. The van der Waals surface area contributed by atoms with Gasteiger partial charge in [0.05, 0.1) is 11.5 Å². The highest BCUT2D eigenvalue weighted by Crippen LogP contribution is 2.43. The molecule has 1 saturated heterocycles. The molecule has 0 spiro atoms. The first-order valence-electron chi connectivity index (χ1n) is 9.93. The van der Waals surface area contributed by atoms with Crippen LogP contribution < -0.4 is 10.1 Å². The number of likely N-dealkylation sites (tertiary alicyclic amines) is 1. The molecule has 3 rings (SSSR count). The first-order chi connectivity index (χ1) is 12.8. The van der Waals surface area contributed by atoms with Crippen molar-refractivity contribution in [3.8, 4) is 11.5 Å². The lowest BCUT2D eigenvalue weighted by Gasteiger charge is -2.32. The SMILES string of the molecule is CCCCNC(=O)C1CCCN(C(=O)c2ccc3c(c2O)OC(C)(C)C3)C1. The summed E-state index contributed by atoms with van der Waals surface area (Å²) in [6, 6.07) is 3.53. The maximum atomic E-state index is 13.0. The fraction of sp³-hybridized carbons (Fsp3) is 0.619. The summed E-state index contributed by atoms with van der Waals surface area (Å²) in [5.74, 6) is -0.0838. The highest BCUT2D eigenvalue weighted by atomic mass is 16.5. The van der Waals surface area contributed by atoms with Crippen LogP contribution in [0.4, 0.5) is 0 Å². The summed E-state index contributed by atoms with van der Waals surface area (Å²) in [6.07, 6.45) is 4.27.